The number of halogens is 1. The number of nitrogens with two attached hydrogens (primary N) is 1. The molecule has 114 valence electrons. The summed E-state index contributed by atoms with van der Waals surface area (Å²) < 4.78 is 5.08. The molecule has 5 heteroatoms. The first kappa shape index (κ1) is 18.9. The van der Waals surface area contributed by atoms with Gasteiger partial charge in [0.15, 0.2) is 0 Å². The molecule has 2 atom stereocenters. The highest BCUT2D eigenvalue weighted by Gasteiger charge is 2.23. The van der Waals surface area contributed by atoms with Gasteiger partial charge in [0.2, 0.25) is 5.91 Å². The fraction of sp³-hybridized carbons (Fsp3) is 0.533. The van der Waals surface area contributed by atoms with Crippen LogP contribution in [0.5, 0.6) is 0 Å². The summed E-state index contributed by atoms with van der Waals surface area (Å²) in [5.74, 6) is -0.100. The van der Waals surface area contributed by atoms with Gasteiger partial charge in [-0.1, -0.05) is 37.3 Å². The molecule has 0 radical (unpaired) electrons. The van der Waals surface area contributed by atoms with Crippen molar-refractivity contribution in [3.05, 3.63) is 35.9 Å². The van der Waals surface area contributed by atoms with Crippen LogP contribution in [0.3, 0.4) is 0 Å². The van der Waals surface area contributed by atoms with Crippen molar-refractivity contribution in [3.8, 4) is 0 Å². The third kappa shape index (κ3) is 5.90. The van der Waals surface area contributed by atoms with E-state index < -0.39 is 0 Å². The zero-order chi connectivity index (χ0) is 14.3. The molecule has 0 bridgehead atoms. The van der Waals surface area contributed by atoms with Crippen molar-refractivity contribution >= 4 is 18.3 Å². The van der Waals surface area contributed by atoms with Gasteiger partial charge in [-0.25, -0.2) is 0 Å². The van der Waals surface area contributed by atoms with Crippen LogP contribution >= 0.6 is 12.4 Å². The van der Waals surface area contributed by atoms with Gasteiger partial charge in [0.1, 0.15) is 0 Å². The lowest BCUT2D eigenvalue weighted by atomic mass is 10.0. The number of hydrogen-bond donors (Lipinski definition) is 1. The topological polar surface area (TPSA) is 55.6 Å². The summed E-state index contributed by atoms with van der Waals surface area (Å²) in [4.78, 5) is 14.2. The molecule has 0 aromatic heterocycles. The largest absolute Gasteiger partial charge is 0.383 e. The van der Waals surface area contributed by atoms with E-state index in [1.807, 2.05) is 49.1 Å². The molecular formula is C15H25ClN2O2. The second-order valence-electron chi connectivity index (χ2n) is 4.89. The van der Waals surface area contributed by atoms with Crippen LogP contribution in [-0.2, 0) is 16.1 Å². The van der Waals surface area contributed by atoms with Crippen LogP contribution in [-0.4, -0.2) is 37.1 Å². The van der Waals surface area contributed by atoms with Crippen molar-refractivity contribution in [2.45, 2.75) is 26.4 Å². The molecule has 0 aliphatic rings. The highest BCUT2D eigenvalue weighted by atomic mass is 35.5. The number of hydrogen-bond acceptors (Lipinski definition) is 3. The molecule has 1 aromatic rings. The number of nitrogens with zero attached hydrogens (tertiary/aromatic N) is 1. The lowest BCUT2D eigenvalue weighted by molar-refractivity contribution is -0.136. The number of amides is 1. The van der Waals surface area contributed by atoms with Crippen molar-refractivity contribution in [1.29, 1.82) is 0 Å². The van der Waals surface area contributed by atoms with Gasteiger partial charge in [-0.3, -0.25) is 4.79 Å². The molecule has 0 aliphatic carbocycles. The lowest BCUT2D eigenvalue weighted by Crippen LogP contribution is -2.42. The second-order valence-corrected chi connectivity index (χ2v) is 4.89. The number of carbonyl (C=O) groups is 1. The van der Waals surface area contributed by atoms with E-state index in [2.05, 4.69) is 0 Å². The zero-order valence-electron chi connectivity index (χ0n) is 12.4. The molecule has 0 saturated carbocycles. The van der Waals surface area contributed by atoms with Gasteiger partial charge in [-0.05, 0) is 12.5 Å². The third-order valence-corrected chi connectivity index (χ3v) is 3.27. The minimum atomic E-state index is -0.180. The van der Waals surface area contributed by atoms with Gasteiger partial charge in [-0.2, -0.15) is 0 Å². The molecule has 0 fully saturated rings. The normalized spacial score (nSPS) is 13.2. The summed E-state index contributed by atoms with van der Waals surface area (Å²) in [6, 6.07) is 9.81. The fourth-order valence-corrected chi connectivity index (χ4v) is 1.79. The molecule has 1 aromatic carbocycles. The molecule has 20 heavy (non-hydrogen) atoms. The Kier molecular flexibility index (Phi) is 9.21. The van der Waals surface area contributed by atoms with Crippen molar-refractivity contribution in [3.63, 3.8) is 0 Å². The zero-order valence-corrected chi connectivity index (χ0v) is 13.2. The number of rotatable bonds is 7. The quantitative estimate of drug-likeness (QED) is 0.838. The minimum Gasteiger partial charge on any atom is -0.383 e. The van der Waals surface area contributed by atoms with Gasteiger partial charge < -0.3 is 15.4 Å². The first-order valence-electron chi connectivity index (χ1n) is 6.63. The predicted molar refractivity (Wildman–Crippen MR) is 83.8 cm³/mol. The lowest BCUT2D eigenvalue weighted by Gasteiger charge is -2.27. The van der Waals surface area contributed by atoms with Crippen LogP contribution in [0.25, 0.3) is 0 Å². The van der Waals surface area contributed by atoms with E-state index in [9.17, 15) is 4.79 Å². The van der Waals surface area contributed by atoms with Gasteiger partial charge in [0, 0.05) is 26.2 Å². The number of methoxy groups -OCH3 is 1. The number of ether oxygens (including phenoxy) is 1. The van der Waals surface area contributed by atoms with E-state index in [1.54, 1.807) is 7.11 Å². The summed E-state index contributed by atoms with van der Waals surface area (Å²) >= 11 is 0. The predicted octanol–water partition coefficient (Wildman–Crippen LogP) is 2.07. The molecule has 4 nitrogen and oxygen atoms in total. The smallest absolute Gasteiger partial charge is 0.227 e. The third-order valence-electron chi connectivity index (χ3n) is 3.27. The van der Waals surface area contributed by atoms with Gasteiger partial charge in [-0.15, -0.1) is 12.4 Å². The van der Waals surface area contributed by atoms with Crippen LogP contribution < -0.4 is 5.73 Å². The molecule has 0 heterocycles. The standard InChI is InChI=1S/C15H24N2O2.ClH/c1-12(13(2)16)15(18)17(9-10-19-3)11-14-7-5-4-6-8-14;/h4-8,12-13H,9-11,16H2,1-3H3;1H. The Morgan fingerprint density at radius 1 is 1.30 bits per heavy atom. The number of carbonyl (C=O) groups excluding carboxylic acids is 1. The van der Waals surface area contributed by atoms with Crippen LogP contribution in [0, 0.1) is 5.92 Å². The first-order valence-corrected chi connectivity index (χ1v) is 6.63. The van der Waals surface area contributed by atoms with E-state index in [0.29, 0.717) is 19.7 Å². The van der Waals surface area contributed by atoms with E-state index in [4.69, 9.17) is 10.5 Å². The maximum absolute atomic E-state index is 12.4. The van der Waals surface area contributed by atoms with Crippen molar-refractivity contribution in [2.24, 2.45) is 11.7 Å². The Labute approximate surface area is 127 Å². The van der Waals surface area contributed by atoms with E-state index in [1.165, 1.54) is 0 Å². The SMILES string of the molecule is COCCN(Cc1ccccc1)C(=O)C(C)C(C)N.Cl. The highest BCUT2D eigenvalue weighted by Crippen LogP contribution is 2.11. The Hall–Kier alpha value is -1.10. The summed E-state index contributed by atoms with van der Waals surface area (Å²) in [5.41, 5.74) is 6.93. The van der Waals surface area contributed by atoms with Crippen LogP contribution in [0.1, 0.15) is 19.4 Å². The monoisotopic (exact) mass is 300 g/mol. The summed E-state index contributed by atoms with van der Waals surface area (Å²) in [6.45, 7) is 5.45. The van der Waals surface area contributed by atoms with Crippen LogP contribution in [0.2, 0.25) is 0 Å². The molecule has 0 spiro atoms. The molecule has 2 N–H and O–H groups in total. The summed E-state index contributed by atoms with van der Waals surface area (Å²) in [7, 11) is 1.64. The Bertz CT molecular complexity index is 385. The average molecular weight is 301 g/mol. The number of benzene rings is 1. The Morgan fingerprint density at radius 3 is 2.40 bits per heavy atom. The maximum atomic E-state index is 12.4. The van der Waals surface area contributed by atoms with Crippen molar-refractivity contribution in [1.82, 2.24) is 4.90 Å². The first-order chi connectivity index (χ1) is 9.06. The van der Waals surface area contributed by atoms with Crippen LogP contribution in [0.15, 0.2) is 30.3 Å². The molecule has 0 saturated heterocycles. The van der Waals surface area contributed by atoms with Crippen molar-refractivity contribution in [2.75, 3.05) is 20.3 Å². The summed E-state index contributed by atoms with van der Waals surface area (Å²) in [6.07, 6.45) is 0. The van der Waals surface area contributed by atoms with Gasteiger partial charge >= 0.3 is 0 Å². The van der Waals surface area contributed by atoms with Crippen molar-refractivity contribution < 1.29 is 9.53 Å². The fourth-order valence-electron chi connectivity index (χ4n) is 1.79. The van der Waals surface area contributed by atoms with Crippen LogP contribution in [0.4, 0.5) is 0 Å². The van der Waals surface area contributed by atoms with E-state index >= 15 is 0 Å². The Morgan fingerprint density at radius 2 is 1.90 bits per heavy atom. The molecular weight excluding hydrogens is 276 g/mol. The van der Waals surface area contributed by atoms with Gasteiger partial charge in [0.05, 0.1) is 12.5 Å². The van der Waals surface area contributed by atoms with E-state index in [0.717, 1.165) is 5.56 Å². The second kappa shape index (κ2) is 9.75. The Balaban J connectivity index is 0.00000361. The molecule has 2 unspecified atom stereocenters. The van der Waals surface area contributed by atoms with Gasteiger partial charge in [0.25, 0.3) is 0 Å². The highest BCUT2D eigenvalue weighted by molar-refractivity contribution is 5.85. The molecule has 0 aliphatic heterocycles. The summed E-state index contributed by atoms with van der Waals surface area (Å²) in [5, 5.41) is 0. The minimum absolute atomic E-state index is 0. The van der Waals surface area contributed by atoms with E-state index in [-0.39, 0.29) is 30.3 Å². The maximum Gasteiger partial charge on any atom is 0.227 e. The average Bonchev–Trinajstić information content (AvgIpc) is 2.42. The molecule has 1 rings (SSSR count). The molecule has 1 amide bonds.